The molecule has 0 heterocycles. The number of aryl methyl sites for hydroxylation is 1. The summed E-state index contributed by atoms with van der Waals surface area (Å²) in [5.41, 5.74) is 4.23. The summed E-state index contributed by atoms with van der Waals surface area (Å²) in [6.07, 6.45) is 3.02. The summed E-state index contributed by atoms with van der Waals surface area (Å²) in [5, 5.41) is 3.41. The van der Waals surface area contributed by atoms with Crippen LogP contribution in [0.4, 0.5) is 5.69 Å². The fraction of sp³-hybridized carbons (Fsp3) is 0.286. The molecule has 0 amide bonds. The molecule has 0 radical (unpaired) electrons. The zero-order valence-corrected chi connectivity index (χ0v) is 14.8. The summed E-state index contributed by atoms with van der Waals surface area (Å²) in [6, 6.07) is 14.0. The van der Waals surface area contributed by atoms with E-state index in [2.05, 4.69) is 18.3 Å². The van der Waals surface area contributed by atoms with Crippen molar-refractivity contribution < 1.29 is 14.3 Å². The maximum absolute atomic E-state index is 12.2. The molecule has 3 rings (SSSR count). The lowest BCUT2D eigenvalue weighted by atomic mass is 9.85. The Labute approximate surface area is 148 Å². The molecule has 0 saturated carbocycles. The van der Waals surface area contributed by atoms with E-state index in [0.29, 0.717) is 17.9 Å². The highest BCUT2D eigenvalue weighted by atomic mass is 16.5. The summed E-state index contributed by atoms with van der Waals surface area (Å²) >= 11 is 0. The zero-order chi connectivity index (χ0) is 17.8. The van der Waals surface area contributed by atoms with Crippen LogP contribution in [0.3, 0.4) is 0 Å². The first-order chi connectivity index (χ1) is 12.1. The van der Waals surface area contributed by atoms with Crippen molar-refractivity contribution in [3.05, 3.63) is 65.4 Å². The average Bonchev–Trinajstić information content (AvgIpc) is 2.62. The van der Waals surface area contributed by atoms with E-state index >= 15 is 0 Å². The number of ether oxygens (including phenoxy) is 2. The second-order valence-corrected chi connectivity index (χ2v) is 6.30. The van der Waals surface area contributed by atoms with Gasteiger partial charge in [0.25, 0.3) is 0 Å². The van der Waals surface area contributed by atoms with Crippen molar-refractivity contribution in [2.24, 2.45) is 0 Å². The van der Waals surface area contributed by atoms with Crippen LogP contribution in [0.1, 0.15) is 29.9 Å². The fourth-order valence-electron chi connectivity index (χ4n) is 3.21. The molecule has 0 spiro atoms. The molecule has 2 aromatic rings. The Balaban J connectivity index is 1.82. The van der Waals surface area contributed by atoms with Crippen LogP contribution in [0, 0.1) is 6.92 Å². The Morgan fingerprint density at radius 1 is 1.00 bits per heavy atom. The molecule has 1 aliphatic rings. The van der Waals surface area contributed by atoms with E-state index in [0.717, 1.165) is 28.9 Å². The van der Waals surface area contributed by atoms with Crippen LogP contribution in [-0.4, -0.2) is 20.0 Å². The molecular weight excluding hydrogens is 314 g/mol. The number of carbonyl (C=O) groups excluding carboxylic acids is 1. The third kappa shape index (κ3) is 3.85. The van der Waals surface area contributed by atoms with E-state index in [1.165, 1.54) is 0 Å². The normalized spacial score (nSPS) is 17.0. The molecule has 4 nitrogen and oxygen atoms in total. The Morgan fingerprint density at radius 2 is 1.76 bits per heavy atom. The fourth-order valence-corrected chi connectivity index (χ4v) is 3.21. The number of rotatable bonds is 5. The Bertz CT molecular complexity index is 811. The van der Waals surface area contributed by atoms with Crippen molar-refractivity contribution >= 4 is 11.5 Å². The number of nitrogens with one attached hydrogen (secondary N) is 1. The van der Waals surface area contributed by atoms with Gasteiger partial charge in [-0.15, -0.1) is 0 Å². The number of methoxy groups -OCH3 is 2. The Morgan fingerprint density at radius 3 is 2.48 bits per heavy atom. The predicted octanol–water partition coefficient (Wildman–Crippen LogP) is 4.45. The molecule has 4 heteroatoms. The molecule has 1 atom stereocenters. The highest BCUT2D eigenvalue weighted by molar-refractivity contribution is 5.92. The average molecular weight is 337 g/mol. The second kappa shape index (κ2) is 7.43. The molecule has 130 valence electrons. The van der Waals surface area contributed by atoms with Crippen LogP contribution < -0.4 is 14.8 Å². The SMILES string of the molecule is COc1ccc([C@@H]2CC(=O)C=C(Nc3ccccc3C)C2)cc1OC. The summed E-state index contributed by atoms with van der Waals surface area (Å²) in [5.74, 6) is 1.66. The zero-order valence-electron chi connectivity index (χ0n) is 14.8. The summed E-state index contributed by atoms with van der Waals surface area (Å²) < 4.78 is 10.7. The number of hydrogen-bond acceptors (Lipinski definition) is 4. The lowest BCUT2D eigenvalue weighted by Crippen LogP contribution is -2.17. The lowest BCUT2D eigenvalue weighted by Gasteiger charge is -2.24. The molecule has 1 aliphatic carbocycles. The van der Waals surface area contributed by atoms with E-state index in [1.54, 1.807) is 20.3 Å². The number of anilines is 1. The summed E-state index contributed by atoms with van der Waals surface area (Å²) in [6.45, 7) is 2.05. The van der Waals surface area contributed by atoms with E-state index in [-0.39, 0.29) is 11.7 Å². The summed E-state index contributed by atoms with van der Waals surface area (Å²) in [7, 11) is 3.24. The molecule has 0 aromatic heterocycles. The van der Waals surface area contributed by atoms with Crippen molar-refractivity contribution in [1.82, 2.24) is 0 Å². The quantitative estimate of drug-likeness (QED) is 0.875. The van der Waals surface area contributed by atoms with E-state index in [1.807, 2.05) is 36.4 Å². The van der Waals surface area contributed by atoms with Crippen molar-refractivity contribution in [1.29, 1.82) is 0 Å². The van der Waals surface area contributed by atoms with Gasteiger partial charge in [-0.1, -0.05) is 24.3 Å². The topological polar surface area (TPSA) is 47.6 Å². The number of para-hydroxylation sites is 1. The third-order valence-corrected chi connectivity index (χ3v) is 4.57. The van der Waals surface area contributed by atoms with Crippen LogP contribution in [-0.2, 0) is 4.79 Å². The Kier molecular flexibility index (Phi) is 5.08. The van der Waals surface area contributed by atoms with Gasteiger partial charge < -0.3 is 14.8 Å². The van der Waals surface area contributed by atoms with Gasteiger partial charge in [-0.05, 0) is 48.6 Å². The molecule has 1 N–H and O–H groups in total. The van der Waals surface area contributed by atoms with Crippen LogP contribution in [0.15, 0.2) is 54.2 Å². The lowest BCUT2D eigenvalue weighted by molar-refractivity contribution is -0.115. The number of carbonyl (C=O) groups is 1. The highest BCUT2D eigenvalue weighted by Gasteiger charge is 2.23. The first kappa shape index (κ1) is 17.1. The first-order valence-electron chi connectivity index (χ1n) is 8.38. The van der Waals surface area contributed by atoms with Crippen molar-refractivity contribution in [2.75, 3.05) is 19.5 Å². The third-order valence-electron chi connectivity index (χ3n) is 4.57. The summed E-state index contributed by atoms with van der Waals surface area (Å²) in [4.78, 5) is 12.2. The number of ketones is 1. The van der Waals surface area contributed by atoms with Crippen LogP contribution in [0.5, 0.6) is 11.5 Å². The minimum absolute atomic E-state index is 0.129. The van der Waals surface area contributed by atoms with Gasteiger partial charge in [0.05, 0.1) is 14.2 Å². The van der Waals surface area contributed by atoms with Crippen molar-refractivity contribution in [3.8, 4) is 11.5 Å². The number of allylic oxidation sites excluding steroid dienone is 2. The van der Waals surface area contributed by atoms with Crippen molar-refractivity contribution in [3.63, 3.8) is 0 Å². The predicted molar refractivity (Wildman–Crippen MR) is 99.4 cm³/mol. The molecule has 0 saturated heterocycles. The van der Waals surface area contributed by atoms with E-state index < -0.39 is 0 Å². The molecule has 25 heavy (non-hydrogen) atoms. The van der Waals surface area contributed by atoms with Gasteiger partial charge in [0.2, 0.25) is 0 Å². The number of benzene rings is 2. The number of hydrogen-bond donors (Lipinski definition) is 1. The Hall–Kier alpha value is -2.75. The van der Waals surface area contributed by atoms with Crippen LogP contribution >= 0.6 is 0 Å². The van der Waals surface area contributed by atoms with Gasteiger partial charge in [0.1, 0.15) is 0 Å². The van der Waals surface area contributed by atoms with Gasteiger partial charge >= 0.3 is 0 Å². The molecule has 2 aromatic carbocycles. The van der Waals surface area contributed by atoms with Gasteiger partial charge in [-0.25, -0.2) is 0 Å². The minimum atomic E-state index is 0.129. The van der Waals surface area contributed by atoms with Gasteiger partial charge in [-0.3, -0.25) is 4.79 Å². The molecule has 0 bridgehead atoms. The van der Waals surface area contributed by atoms with Gasteiger partial charge in [-0.2, -0.15) is 0 Å². The molecule has 0 aliphatic heterocycles. The highest BCUT2D eigenvalue weighted by Crippen LogP contribution is 2.36. The minimum Gasteiger partial charge on any atom is -0.493 e. The monoisotopic (exact) mass is 337 g/mol. The van der Waals surface area contributed by atoms with Crippen LogP contribution in [0.2, 0.25) is 0 Å². The van der Waals surface area contributed by atoms with Crippen molar-refractivity contribution in [2.45, 2.75) is 25.7 Å². The first-order valence-corrected chi connectivity index (χ1v) is 8.38. The maximum Gasteiger partial charge on any atom is 0.160 e. The molecule has 0 unspecified atom stereocenters. The van der Waals surface area contributed by atoms with E-state index in [4.69, 9.17) is 9.47 Å². The standard InChI is InChI=1S/C21H23NO3/c1-14-6-4-5-7-19(14)22-17-10-16(11-18(23)13-17)15-8-9-20(24-2)21(12-15)25-3/h4-9,12-13,16,22H,10-11H2,1-3H3/t16-/m0/s1. The van der Waals surface area contributed by atoms with Crippen LogP contribution in [0.25, 0.3) is 0 Å². The molecular formula is C21H23NO3. The van der Waals surface area contributed by atoms with Gasteiger partial charge in [0, 0.05) is 23.9 Å². The second-order valence-electron chi connectivity index (χ2n) is 6.30. The van der Waals surface area contributed by atoms with Gasteiger partial charge in [0.15, 0.2) is 17.3 Å². The van der Waals surface area contributed by atoms with E-state index in [9.17, 15) is 4.79 Å². The molecule has 0 fully saturated rings. The smallest absolute Gasteiger partial charge is 0.160 e. The largest absolute Gasteiger partial charge is 0.493 e. The maximum atomic E-state index is 12.2.